The van der Waals surface area contributed by atoms with Crippen LogP contribution >= 0.6 is 0 Å². The van der Waals surface area contributed by atoms with Gasteiger partial charge in [-0.2, -0.15) is 0 Å². The number of likely N-dealkylation sites (N-methyl/N-ethyl adjacent to an activating group) is 1. The monoisotopic (exact) mass is 300 g/mol. The van der Waals surface area contributed by atoms with Crippen LogP contribution < -0.4 is 5.32 Å². The molecule has 0 aromatic rings. The van der Waals surface area contributed by atoms with Gasteiger partial charge in [-0.3, -0.25) is 4.79 Å². The molecule has 0 aromatic carbocycles. The Kier molecular flexibility index (Phi) is 7.63. The molecule has 2 N–H and O–H groups in total. The van der Waals surface area contributed by atoms with Crippen LogP contribution in [0.5, 0.6) is 0 Å². The lowest BCUT2D eigenvalue weighted by Gasteiger charge is -2.36. The summed E-state index contributed by atoms with van der Waals surface area (Å²) in [4.78, 5) is 13.8. The van der Waals surface area contributed by atoms with E-state index in [0.29, 0.717) is 25.0 Å². The number of methoxy groups -OCH3 is 1. The number of nitrogens with zero attached hydrogens (tertiary/aromatic N) is 1. The molecule has 1 aliphatic heterocycles. The van der Waals surface area contributed by atoms with E-state index in [0.717, 1.165) is 32.5 Å². The number of rotatable bonds is 9. The van der Waals surface area contributed by atoms with Crippen molar-refractivity contribution in [2.45, 2.75) is 58.1 Å². The van der Waals surface area contributed by atoms with Crippen molar-refractivity contribution in [1.29, 1.82) is 0 Å². The number of hydrogen-bond donors (Lipinski definition) is 2. The fourth-order valence-electron chi connectivity index (χ4n) is 3.08. The Bertz CT molecular complexity index is 325. The minimum Gasteiger partial charge on any atom is -0.480 e. The molecule has 21 heavy (non-hydrogen) atoms. The fraction of sp³-hybridized carbons (Fsp3) is 0.938. The van der Waals surface area contributed by atoms with Crippen molar-refractivity contribution in [2.24, 2.45) is 5.92 Å². The molecule has 124 valence electrons. The fourth-order valence-corrected chi connectivity index (χ4v) is 3.08. The minimum atomic E-state index is -0.791. The van der Waals surface area contributed by atoms with Gasteiger partial charge in [-0.25, -0.2) is 0 Å². The molecule has 1 aliphatic rings. The van der Waals surface area contributed by atoms with Crippen molar-refractivity contribution in [1.82, 2.24) is 10.2 Å². The number of carboxylic acid groups (broad SMARTS) is 1. The minimum absolute atomic E-state index is 0.338. The molecule has 1 heterocycles. The molecule has 3 unspecified atom stereocenters. The maximum Gasteiger partial charge on any atom is 0.323 e. The first kappa shape index (κ1) is 18.4. The van der Waals surface area contributed by atoms with Gasteiger partial charge in [-0.1, -0.05) is 13.8 Å². The third-order valence-electron chi connectivity index (χ3n) is 4.72. The highest BCUT2D eigenvalue weighted by molar-refractivity contribution is 5.78. The summed E-state index contributed by atoms with van der Waals surface area (Å²) in [7, 11) is 1.79. The first-order chi connectivity index (χ1) is 9.92. The molecule has 0 aliphatic carbocycles. The number of nitrogens with one attached hydrogen (secondary N) is 1. The van der Waals surface area contributed by atoms with Crippen LogP contribution in [0.4, 0.5) is 0 Å². The molecular weight excluding hydrogens is 268 g/mol. The molecule has 0 radical (unpaired) electrons. The second kappa shape index (κ2) is 8.71. The van der Waals surface area contributed by atoms with Crippen molar-refractivity contribution >= 4 is 5.97 Å². The quantitative estimate of drug-likeness (QED) is 0.638. The number of carboxylic acids is 1. The van der Waals surface area contributed by atoms with Crippen LogP contribution in [0.1, 0.15) is 46.5 Å². The van der Waals surface area contributed by atoms with Gasteiger partial charge >= 0.3 is 5.97 Å². The zero-order valence-electron chi connectivity index (χ0n) is 14.0. The summed E-state index contributed by atoms with van der Waals surface area (Å²) >= 11 is 0. The van der Waals surface area contributed by atoms with E-state index in [2.05, 4.69) is 17.1 Å². The molecule has 1 saturated heterocycles. The summed E-state index contributed by atoms with van der Waals surface area (Å²) in [6, 6.07) is 0. The van der Waals surface area contributed by atoms with Crippen molar-refractivity contribution in [3.05, 3.63) is 0 Å². The summed E-state index contributed by atoms with van der Waals surface area (Å²) in [5.74, 6) is -0.120. The smallest absolute Gasteiger partial charge is 0.323 e. The van der Waals surface area contributed by atoms with Crippen LogP contribution in [0, 0.1) is 5.92 Å². The predicted molar refractivity (Wildman–Crippen MR) is 84.6 cm³/mol. The van der Waals surface area contributed by atoms with Gasteiger partial charge in [0.25, 0.3) is 0 Å². The average Bonchev–Trinajstić information content (AvgIpc) is 2.45. The van der Waals surface area contributed by atoms with Gasteiger partial charge in [0.2, 0.25) is 0 Å². The number of carbonyl (C=O) groups is 1. The molecule has 5 nitrogen and oxygen atoms in total. The number of unbranched alkanes of at least 4 members (excludes halogenated alkanes) is 1. The lowest BCUT2D eigenvalue weighted by molar-refractivity contribution is -0.144. The summed E-state index contributed by atoms with van der Waals surface area (Å²) in [5.41, 5.74) is -0.791. The summed E-state index contributed by atoms with van der Waals surface area (Å²) < 4.78 is 5.53. The Labute approximate surface area is 129 Å². The van der Waals surface area contributed by atoms with Gasteiger partial charge in [-0.15, -0.1) is 0 Å². The van der Waals surface area contributed by atoms with Crippen LogP contribution in [0.2, 0.25) is 0 Å². The molecule has 1 rings (SSSR count). The maximum atomic E-state index is 11.3. The van der Waals surface area contributed by atoms with Gasteiger partial charge < -0.3 is 20.1 Å². The van der Waals surface area contributed by atoms with E-state index in [4.69, 9.17) is 4.74 Å². The first-order valence-electron chi connectivity index (χ1n) is 8.16. The second-order valence-electron chi connectivity index (χ2n) is 6.47. The van der Waals surface area contributed by atoms with Gasteiger partial charge in [-0.05, 0) is 58.2 Å². The molecule has 5 heteroatoms. The molecule has 0 amide bonds. The van der Waals surface area contributed by atoms with Crippen molar-refractivity contribution in [3.8, 4) is 0 Å². The van der Waals surface area contributed by atoms with Crippen molar-refractivity contribution < 1.29 is 14.6 Å². The van der Waals surface area contributed by atoms with E-state index >= 15 is 0 Å². The Hall–Kier alpha value is -0.650. The standard InChI is InChI=1S/C16H32N2O3/c1-5-17-16(3,15(19)20)9-6-7-10-18-11-8-13(2)14(12-18)21-4/h13-14,17H,5-12H2,1-4H3,(H,19,20). The molecular formula is C16H32N2O3. The van der Waals surface area contributed by atoms with Crippen LogP contribution in [-0.4, -0.2) is 60.9 Å². The zero-order valence-corrected chi connectivity index (χ0v) is 14.0. The third kappa shape index (κ3) is 5.57. The first-order valence-corrected chi connectivity index (χ1v) is 8.16. The molecule has 0 spiro atoms. The maximum absolute atomic E-state index is 11.3. The highest BCUT2D eigenvalue weighted by Crippen LogP contribution is 2.20. The molecule has 1 fully saturated rings. The molecule has 3 atom stereocenters. The molecule has 0 saturated carbocycles. The Morgan fingerprint density at radius 2 is 2.19 bits per heavy atom. The van der Waals surface area contributed by atoms with E-state index < -0.39 is 11.5 Å². The third-order valence-corrected chi connectivity index (χ3v) is 4.72. The topological polar surface area (TPSA) is 61.8 Å². The normalized spacial score (nSPS) is 26.5. The van der Waals surface area contributed by atoms with E-state index in [9.17, 15) is 9.90 Å². The predicted octanol–water partition coefficient (Wildman–Crippen LogP) is 1.97. The highest BCUT2D eigenvalue weighted by atomic mass is 16.5. The zero-order chi connectivity index (χ0) is 15.9. The lowest BCUT2D eigenvalue weighted by Crippen LogP contribution is -2.49. The summed E-state index contributed by atoms with van der Waals surface area (Å²) in [5, 5.41) is 12.4. The second-order valence-corrected chi connectivity index (χ2v) is 6.47. The van der Waals surface area contributed by atoms with E-state index in [1.165, 1.54) is 6.42 Å². The number of hydrogen-bond acceptors (Lipinski definition) is 4. The van der Waals surface area contributed by atoms with Gasteiger partial charge in [0.05, 0.1) is 6.10 Å². The van der Waals surface area contributed by atoms with Crippen molar-refractivity contribution in [3.63, 3.8) is 0 Å². The Morgan fingerprint density at radius 3 is 2.76 bits per heavy atom. The van der Waals surface area contributed by atoms with E-state index in [1.807, 2.05) is 6.92 Å². The van der Waals surface area contributed by atoms with Crippen LogP contribution in [0.25, 0.3) is 0 Å². The SMILES string of the molecule is CCNC(C)(CCCCN1CCC(C)C(OC)C1)C(=O)O. The van der Waals surface area contributed by atoms with Crippen LogP contribution in [0.15, 0.2) is 0 Å². The van der Waals surface area contributed by atoms with Gasteiger partial charge in [0.15, 0.2) is 0 Å². The van der Waals surface area contributed by atoms with Crippen LogP contribution in [0.3, 0.4) is 0 Å². The lowest BCUT2D eigenvalue weighted by atomic mass is 9.93. The van der Waals surface area contributed by atoms with Crippen LogP contribution in [-0.2, 0) is 9.53 Å². The van der Waals surface area contributed by atoms with Gasteiger partial charge in [0.1, 0.15) is 5.54 Å². The summed E-state index contributed by atoms with van der Waals surface area (Å²) in [6.45, 7) is 9.83. The molecule has 0 aromatic heterocycles. The number of aliphatic carboxylic acids is 1. The van der Waals surface area contributed by atoms with Gasteiger partial charge in [0, 0.05) is 13.7 Å². The number of ether oxygens (including phenoxy) is 1. The van der Waals surface area contributed by atoms with E-state index in [-0.39, 0.29) is 0 Å². The average molecular weight is 300 g/mol. The number of piperidine rings is 1. The Morgan fingerprint density at radius 1 is 1.48 bits per heavy atom. The molecule has 0 bridgehead atoms. The highest BCUT2D eigenvalue weighted by Gasteiger charge is 2.31. The largest absolute Gasteiger partial charge is 0.480 e. The Balaban J connectivity index is 2.29. The summed E-state index contributed by atoms with van der Waals surface area (Å²) in [6.07, 6.45) is 4.17. The van der Waals surface area contributed by atoms with E-state index in [1.54, 1.807) is 14.0 Å². The van der Waals surface area contributed by atoms with Crippen molar-refractivity contribution in [2.75, 3.05) is 33.3 Å². The number of likely N-dealkylation sites (tertiary alicyclic amines) is 1.